The second kappa shape index (κ2) is 12.1. The number of aliphatic hydroxyl groups excluding tert-OH is 2. The summed E-state index contributed by atoms with van der Waals surface area (Å²) in [5.41, 5.74) is 9.33. The first-order chi connectivity index (χ1) is 12.6. The summed E-state index contributed by atoms with van der Waals surface area (Å²) < 4.78 is 4.51. The first-order valence-electron chi connectivity index (χ1n) is 8.84. The fourth-order valence-corrected chi connectivity index (χ4v) is 5.01. The molecule has 8 heteroatoms. The van der Waals surface area contributed by atoms with E-state index in [-0.39, 0.29) is 47.2 Å². The van der Waals surface area contributed by atoms with E-state index in [9.17, 15) is 0 Å². The molecule has 154 valence electrons. The molecular formula is C20H26Br2N2O2S2. The second-order valence-electron chi connectivity index (χ2n) is 6.48. The molecule has 3 aromatic rings. The summed E-state index contributed by atoms with van der Waals surface area (Å²) >= 11 is 3.43. The number of benzene rings is 1. The van der Waals surface area contributed by atoms with E-state index in [1.165, 1.54) is 32.3 Å². The average Bonchev–Trinajstić information content (AvgIpc) is 3.15. The summed E-state index contributed by atoms with van der Waals surface area (Å²) in [4.78, 5) is 2.51. The molecule has 0 unspecified atom stereocenters. The van der Waals surface area contributed by atoms with Crippen molar-refractivity contribution in [3.63, 3.8) is 0 Å². The van der Waals surface area contributed by atoms with Gasteiger partial charge in [-0.25, -0.2) is 0 Å². The molecule has 0 aliphatic carbocycles. The van der Waals surface area contributed by atoms with E-state index in [1.54, 1.807) is 22.7 Å². The van der Waals surface area contributed by atoms with Crippen molar-refractivity contribution in [3.8, 4) is 0 Å². The lowest BCUT2D eigenvalue weighted by Crippen LogP contribution is -3.00. The summed E-state index contributed by atoms with van der Waals surface area (Å²) in [5, 5.41) is 18.3. The lowest BCUT2D eigenvalue weighted by Gasteiger charge is -2.01. The van der Waals surface area contributed by atoms with E-state index in [2.05, 4.69) is 58.3 Å². The Hall–Kier alpha value is -0.640. The quantitative estimate of drug-likeness (QED) is 0.283. The van der Waals surface area contributed by atoms with Crippen LogP contribution in [-0.2, 0) is 25.9 Å². The van der Waals surface area contributed by atoms with Crippen LogP contribution < -0.4 is 43.1 Å². The molecule has 2 aromatic heterocycles. The Balaban J connectivity index is 0.00000196. The zero-order valence-electron chi connectivity index (χ0n) is 16.1. The van der Waals surface area contributed by atoms with Crippen LogP contribution >= 0.6 is 22.7 Å². The van der Waals surface area contributed by atoms with Crippen molar-refractivity contribution in [2.24, 2.45) is 0 Å². The largest absolute Gasteiger partial charge is 1.00 e. The van der Waals surface area contributed by atoms with Gasteiger partial charge in [0.15, 0.2) is 24.5 Å². The zero-order chi connectivity index (χ0) is 18.5. The van der Waals surface area contributed by atoms with Gasteiger partial charge >= 0.3 is 0 Å². The van der Waals surface area contributed by atoms with Crippen LogP contribution in [-0.4, -0.2) is 23.4 Å². The highest BCUT2D eigenvalue weighted by Crippen LogP contribution is 2.14. The van der Waals surface area contributed by atoms with E-state index < -0.39 is 0 Å². The van der Waals surface area contributed by atoms with E-state index in [4.69, 9.17) is 10.2 Å². The first-order valence-corrected chi connectivity index (χ1v) is 10.6. The lowest BCUT2D eigenvalue weighted by molar-refractivity contribution is -0.690. The molecule has 0 spiro atoms. The minimum Gasteiger partial charge on any atom is -1.00 e. The first kappa shape index (κ1) is 25.4. The van der Waals surface area contributed by atoms with E-state index in [1.807, 2.05) is 0 Å². The van der Waals surface area contributed by atoms with Crippen molar-refractivity contribution in [1.29, 1.82) is 0 Å². The number of halogens is 2. The molecule has 1 aromatic carbocycles. The van der Waals surface area contributed by atoms with Gasteiger partial charge in [-0.2, -0.15) is 9.13 Å². The monoisotopic (exact) mass is 548 g/mol. The molecule has 28 heavy (non-hydrogen) atoms. The molecule has 3 rings (SSSR count). The Morgan fingerprint density at radius 1 is 0.714 bits per heavy atom. The molecule has 0 amide bonds. The number of thiazole rings is 2. The van der Waals surface area contributed by atoms with Crippen LogP contribution in [0.1, 0.15) is 32.3 Å². The predicted octanol–water partition coefficient (Wildman–Crippen LogP) is -3.82. The summed E-state index contributed by atoms with van der Waals surface area (Å²) in [5.74, 6) is 0. The van der Waals surface area contributed by atoms with Gasteiger partial charge < -0.3 is 44.2 Å². The lowest BCUT2D eigenvalue weighted by atomic mass is 10.1. The Morgan fingerprint density at radius 2 is 1.07 bits per heavy atom. The van der Waals surface area contributed by atoms with Gasteiger partial charge in [0, 0.05) is 51.0 Å². The molecule has 2 heterocycles. The van der Waals surface area contributed by atoms with Crippen molar-refractivity contribution < 1.29 is 53.3 Å². The maximum atomic E-state index is 9.13. The minimum atomic E-state index is 0. The van der Waals surface area contributed by atoms with Crippen LogP contribution in [0.25, 0.3) is 0 Å². The van der Waals surface area contributed by atoms with Gasteiger partial charge in [-0.15, -0.1) is 0 Å². The van der Waals surface area contributed by atoms with Crippen molar-refractivity contribution in [2.75, 3.05) is 13.2 Å². The van der Waals surface area contributed by atoms with Crippen molar-refractivity contribution in [2.45, 2.75) is 39.8 Å². The Morgan fingerprint density at radius 3 is 1.39 bits per heavy atom. The highest BCUT2D eigenvalue weighted by atomic mass is 79.9. The molecule has 0 bridgehead atoms. The molecule has 0 saturated heterocycles. The van der Waals surface area contributed by atoms with E-state index >= 15 is 0 Å². The third kappa shape index (κ3) is 6.18. The number of aliphatic hydroxyl groups is 2. The smallest absolute Gasteiger partial charge is 0.225 e. The van der Waals surface area contributed by atoms with Gasteiger partial charge in [-0.05, 0) is 0 Å². The van der Waals surface area contributed by atoms with Gasteiger partial charge in [0.05, 0.1) is 9.75 Å². The number of aromatic nitrogens is 2. The van der Waals surface area contributed by atoms with Crippen LogP contribution in [0, 0.1) is 13.8 Å². The summed E-state index contributed by atoms with van der Waals surface area (Å²) in [6.45, 7) is 6.37. The standard InChI is InChI=1S/C20H26N2O2S2.2BrH/c1-15-19(7-9-23)25-13-21(15)11-17-3-5-18(6-4-17)12-22-14-26-20(8-10-24)16(22)2;;/h3-6,13-14,23-24H,7-12H2,1-2H3;2*1H/q+2;;/p-2. The van der Waals surface area contributed by atoms with E-state index in [0.29, 0.717) is 0 Å². The SMILES string of the molecule is Cc1c(CCO)sc[n+]1Cc1ccc(C[n+]2csc(CCO)c2C)cc1.[Br-].[Br-]. The van der Waals surface area contributed by atoms with Crippen LogP contribution in [0.2, 0.25) is 0 Å². The van der Waals surface area contributed by atoms with Crippen LogP contribution in [0.3, 0.4) is 0 Å². The third-order valence-electron chi connectivity index (χ3n) is 4.72. The molecule has 4 nitrogen and oxygen atoms in total. The Kier molecular flexibility index (Phi) is 11.0. The molecule has 0 aliphatic heterocycles. The van der Waals surface area contributed by atoms with Crippen molar-refractivity contribution in [3.05, 3.63) is 67.6 Å². The highest BCUT2D eigenvalue weighted by molar-refractivity contribution is 7.09. The minimum absolute atomic E-state index is 0. The molecule has 0 radical (unpaired) electrons. The molecule has 0 aliphatic rings. The fourth-order valence-electron chi connectivity index (χ4n) is 3.04. The van der Waals surface area contributed by atoms with Crippen molar-refractivity contribution in [1.82, 2.24) is 0 Å². The summed E-state index contributed by atoms with van der Waals surface area (Å²) in [6.07, 6.45) is 1.47. The number of hydrogen-bond donors (Lipinski definition) is 2. The average molecular weight is 550 g/mol. The number of rotatable bonds is 8. The predicted molar refractivity (Wildman–Crippen MR) is 105 cm³/mol. The van der Waals surface area contributed by atoms with Gasteiger partial charge in [0.25, 0.3) is 0 Å². The zero-order valence-corrected chi connectivity index (χ0v) is 20.9. The fraction of sp³-hybridized carbons (Fsp3) is 0.400. The molecule has 0 saturated carbocycles. The van der Waals surface area contributed by atoms with Crippen LogP contribution in [0.5, 0.6) is 0 Å². The number of nitrogens with zero attached hydrogens (tertiary/aromatic N) is 2. The van der Waals surface area contributed by atoms with Gasteiger partial charge in [-0.3, -0.25) is 0 Å². The normalized spacial score (nSPS) is 10.4. The highest BCUT2D eigenvalue weighted by Gasteiger charge is 2.17. The summed E-state index contributed by atoms with van der Waals surface area (Å²) in [7, 11) is 0. The van der Waals surface area contributed by atoms with Gasteiger partial charge in [0.1, 0.15) is 0 Å². The van der Waals surface area contributed by atoms with Gasteiger partial charge in [-0.1, -0.05) is 46.9 Å². The van der Waals surface area contributed by atoms with Gasteiger partial charge in [0.2, 0.25) is 11.0 Å². The second-order valence-corrected chi connectivity index (χ2v) is 8.36. The third-order valence-corrected chi connectivity index (χ3v) is 7.01. The van der Waals surface area contributed by atoms with Crippen molar-refractivity contribution >= 4 is 22.7 Å². The maximum absolute atomic E-state index is 9.13. The van der Waals surface area contributed by atoms with E-state index in [0.717, 1.165) is 25.9 Å². The van der Waals surface area contributed by atoms with Crippen LogP contribution in [0.15, 0.2) is 35.3 Å². The topological polar surface area (TPSA) is 48.2 Å². The molecule has 2 N–H and O–H groups in total. The Labute approximate surface area is 195 Å². The molecule has 0 atom stereocenters. The van der Waals surface area contributed by atoms with Crippen LogP contribution in [0.4, 0.5) is 0 Å². The molecule has 0 fully saturated rings. The summed E-state index contributed by atoms with van der Waals surface area (Å²) in [6, 6.07) is 8.79. The Bertz CT molecular complexity index is 792. The maximum Gasteiger partial charge on any atom is 0.225 e. The number of hydrogen-bond acceptors (Lipinski definition) is 4. The molecular weight excluding hydrogens is 524 g/mol.